The zero-order chi connectivity index (χ0) is 15.2. The van der Waals surface area contributed by atoms with Gasteiger partial charge in [-0.25, -0.2) is 4.79 Å². The molecule has 2 fully saturated rings. The van der Waals surface area contributed by atoms with Crippen molar-refractivity contribution < 1.29 is 19.4 Å². The van der Waals surface area contributed by atoms with Crippen molar-refractivity contribution in [2.45, 2.75) is 37.8 Å². The van der Waals surface area contributed by atoms with Crippen molar-refractivity contribution in [1.29, 1.82) is 0 Å². The normalized spacial score (nSPS) is 22.4. The summed E-state index contributed by atoms with van der Waals surface area (Å²) in [6.07, 6.45) is 3.29. The van der Waals surface area contributed by atoms with Crippen LogP contribution in [0.15, 0.2) is 0 Å². The molecule has 2 aliphatic rings. The van der Waals surface area contributed by atoms with Crippen LogP contribution < -0.4 is 5.73 Å². The van der Waals surface area contributed by atoms with Gasteiger partial charge in [0, 0.05) is 32.2 Å². The number of carbonyl (C=O) groups excluding carboxylic acids is 1. The summed E-state index contributed by atoms with van der Waals surface area (Å²) in [5.74, 6) is -0.793. The number of amides is 1. The minimum absolute atomic E-state index is 0.0434. The molecule has 7 nitrogen and oxygen atoms in total. The van der Waals surface area contributed by atoms with E-state index in [0.717, 1.165) is 25.9 Å². The number of rotatable bonds is 5. The Kier molecular flexibility index (Phi) is 5.96. The van der Waals surface area contributed by atoms with E-state index in [2.05, 4.69) is 4.90 Å². The Morgan fingerprint density at radius 3 is 2.29 bits per heavy atom. The Morgan fingerprint density at radius 2 is 1.71 bits per heavy atom. The van der Waals surface area contributed by atoms with Crippen LogP contribution in [0.2, 0.25) is 0 Å². The van der Waals surface area contributed by atoms with E-state index in [0.29, 0.717) is 32.5 Å². The molecule has 0 radical (unpaired) electrons. The number of carbonyl (C=O) groups is 2. The van der Waals surface area contributed by atoms with Gasteiger partial charge < -0.3 is 20.5 Å². The van der Waals surface area contributed by atoms with Gasteiger partial charge >= 0.3 is 5.97 Å². The summed E-state index contributed by atoms with van der Waals surface area (Å²) >= 11 is 0. The number of nitrogens with two attached hydrogens (primary N) is 1. The molecular weight excluding hydrogens is 274 g/mol. The number of hydrogen-bond donors (Lipinski definition) is 2. The number of carboxylic acid groups (broad SMARTS) is 1. The molecule has 0 spiro atoms. The lowest BCUT2D eigenvalue weighted by Crippen LogP contribution is -2.48. The van der Waals surface area contributed by atoms with E-state index < -0.39 is 5.97 Å². The summed E-state index contributed by atoms with van der Waals surface area (Å²) in [6, 6.07) is 0.276. The molecule has 3 N–H and O–H groups in total. The van der Waals surface area contributed by atoms with Crippen molar-refractivity contribution in [2.24, 2.45) is 5.73 Å². The molecule has 0 atom stereocenters. The zero-order valence-corrected chi connectivity index (χ0v) is 12.4. The fraction of sp³-hybridized carbons (Fsp3) is 0.857. The quantitative estimate of drug-likeness (QED) is 0.710. The molecule has 2 saturated heterocycles. The van der Waals surface area contributed by atoms with Gasteiger partial charge in [-0.1, -0.05) is 0 Å². The van der Waals surface area contributed by atoms with Crippen LogP contribution in [0.3, 0.4) is 0 Å². The number of hydrogen-bond acceptors (Lipinski definition) is 5. The number of ether oxygens (including phenoxy) is 1. The van der Waals surface area contributed by atoms with Crippen LogP contribution in [-0.4, -0.2) is 78.3 Å². The van der Waals surface area contributed by atoms with Crippen molar-refractivity contribution in [2.75, 3.05) is 39.3 Å². The molecule has 120 valence electrons. The zero-order valence-electron chi connectivity index (χ0n) is 12.4. The fourth-order valence-electron chi connectivity index (χ4n) is 2.86. The van der Waals surface area contributed by atoms with Crippen LogP contribution >= 0.6 is 0 Å². The van der Waals surface area contributed by atoms with Gasteiger partial charge in [0.1, 0.15) is 6.61 Å². The van der Waals surface area contributed by atoms with Crippen LogP contribution in [0.5, 0.6) is 0 Å². The van der Waals surface area contributed by atoms with Gasteiger partial charge in [0.05, 0.1) is 12.6 Å². The van der Waals surface area contributed by atoms with Crippen molar-refractivity contribution >= 4 is 11.9 Å². The summed E-state index contributed by atoms with van der Waals surface area (Å²) in [5.41, 5.74) is 5.86. The Hall–Kier alpha value is -1.18. The lowest BCUT2D eigenvalue weighted by atomic mass is 10.1. The molecule has 2 aliphatic heterocycles. The highest BCUT2D eigenvalue weighted by atomic mass is 16.5. The van der Waals surface area contributed by atoms with Crippen LogP contribution in [0.4, 0.5) is 0 Å². The predicted molar refractivity (Wildman–Crippen MR) is 76.8 cm³/mol. The maximum atomic E-state index is 12.2. The van der Waals surface area contributed by atoms with E-state index in [1.54, 1.807) is 0 Å². The highest BCUT2D eigenvalue weighted by Crippen LogP contribution is 2.15. The Bertz CT molecular complexity index is 361. The van der Waals surface area contributed by atoms with E-state index in [1.807, 2.05) is 4.90 Å². The highest BCUT2D eigenvalue weighted by molar-refractivity contribution is 5.78. The number of aliphatic carboxylic acids is 1. The first kappa shape index (κ1) is 16.2. The van der Waals surface area contributed by atoms with E-state index in [1.165, 1.54) is 0 Å². The first-order chi connectivity index (χ1) is 10.0. The monoisotopic (exact) mass is 299 g/mol. The standard InChI is InChI=1S/C14H25N3O4/c15-11-1-5-16(6-2-11)9-13(18)17-7-3-12(4-8-17)21-10-14(19)20/h11-12H,1-10,15H2,(H,19,20). The summed E-state index contributed by atoms with van der Waals surface area (Å²) in [5, 5.41) is 8.58. The average Bonchev–Trinajstić information content (AvgIpc) is 2.48. The van der Waals surface area contributed by atoms with E-state index in [4.69, 9.17) is 15.6 Å². The number of nitrogens with zero attached hydrogens (tertiary/aromatic N) is 2. The van der Waals surface area contributed by atoms with Crippen LogP contribution in [-0.2, 0) is 14.3 Å². The second-order valence-corrected chi connectivity index (χ2v) is 5.90. The van der Waals surface area contributed by atoms with E-state index in [-0.39, 0.29) is 24.7 Å². The predicted octanol–water partition coefficient (Wildman–Crippen LogP) is -0.498. The minimum Gasteiger partial charge on any atom is -0.480 e. The van der Waals surface area contributed by atoms with Crippen LogP contribution in [0, 0.1) is 0 Å². The van der Waals surface area contributed by atoms with Crippen molar-refractivity contribution in [1.82, 2.24) is 9.80 Å². The van der Waals surface area contributed by atoms with Crippen LogP contribution in [0.1, 0.15) is 25.7 Å². The molecule has 7 heteroatoms. The second-order valence-electron chi connectivity index (χ2n) is 5.90. The molecule has 0 aromatic carbocycles. The third-order valence-corrected chi connectivity index (χ3v) is 4.23. The maximum absolute atomic E-state index is 12.2. The SMILES string of the molecule is NC1CCN(CC(=O)N2CCC(OCC(=O)O)CC2)CC1. The second kappa shape index (κ2) is 7.72. The van der Waals surface area contributed by atoms with Crippen molar-refractivity contribution in [3.8, 4) is 0 Å². The molecule has 0 aromatic heterocycles. The molecule has 0 unspecified atom stereocenters. The molecule has 2 heterocycles. The smallest absolute Gasteiger partial charge is 0.329 e. The molecule has 1 amide bonds. The summed E-state index contributed by atoms with van der Waals surface area (Å²) in [6.45, 7) is 3.29. The van der Waals surface area contributed by atoms with Crippen LogP contribution in [0.25, 0.3) is 0 Å². The summed E-state index contributed by atoms with van der Waals surface area (Å²) in [4.78, 5) is 26.7. The molecule has 0 saturated carbocycles. The van der Waals surface area contributed by atoms with Gasteiger partial charge in [-0.3, -0.25) is 9.69 Å². The average molecular weight is 299 g/mol. The number of carboxylic acids is 1. The fourth-order valence-corrected chi connectivity index (χ4v) is 2.86. The number of piperidine rings is 2. The van der Waals surface area contributed by atoms with Crippen molar-refractivity contribution in [3.63, 3.8) is 0 Å². The third kappa shape index (κ3) is 5.26. The van der Waals surface area contributed by atoms with E-state index in [9.17, 15) is 9.59 Å². The Labute approximate surface area is 125 Å². The van der Waals surface area contributed by atoms with Gasteiger partial charge in [0.25, 0.3) is 0 Å². The van der Waals surface area contributed by atoms with Gasteiger partial charge in [0.2, 0.25) is 5.91 Å². The topological polar surface area (TPSA) is 96.1 Å². The summed E-state index contributed by atoms with van der Waals surface area (Å²) in [7, 11) is 0. The highest BCUT2D eigenvalue weighted by Gasteiger charge is 2.26. The first-order valence-electron chi connectivity index (χ1n) is 7.63. The third-order valence-electron chi connectivity index (χ3n) is 4.23. The molecule has 0 aromatic rings. The minimum atomic E-state index is -0.947. The Balaban J connectivity index is 1.67. The molecule has 2 rings (SSSR count). The van der Waals surface area contributed by atoms with Gasteiger partial charge in [-0.15, -0.1) is 0 Å². The summed E-state index contributed by atoms with van der Waals surface area (Å²) < 4.78 is 5.27. The molecule has 0 aliphatic carbocycles. The Morgan fingerprint density at radius 1 is 1.10 bits per heavy atom. The lowest BCUT2D eigenvalue weighted by molar-refractivity contribution is -0.147. The lowest BCUT2D eigenvalue weighted by Gasteiger charge is -2.35. The van der Waals surface area contributed by atoms with E-state index >= 15 is 0 Å². The largest absolute Gasteiger partial charge is 0.480 e. The number of likely N-dealkylation sites (tertiary alicyclic amines) is 2. The van der Waals surface area contributed by atoms with Gasteiger partial charge in [-0.2, -0.15) is 0 Å². The molecule has 21 heavy (non-hydrogen) atoms. The molecule has 0 bridgehead atoms. The molecular formula is C14H25N3O4. The van der Waals surface area contributed by atoms with Crippen molar-refractivity contribution in [3.05, 3.63) is 0 Å². The van der Waals surface area contributed by atoms with Gasteiger partial charge in [-0.05, 0) is 25.7 Å². The first-order valence-corrected chi connectivity index (χ1v) is 7.63. The maximum Gasteiger partial charge on any atom is 0.329 e. The van der Waals surface area contributed by atoms with Gasteiger partial charge in [0.15, 0.2) is 0 Å².